The molecule has 24 heteroatoms. The van der Waals surface area contributed by atoms with Crippen molar-refractivity contribution in [2.75, 3.05) is 38.5 Å². The van der Waals surface area contributed by atoms with Crippen molar-refractivity contribution in [1.29, 1.82) is 0 Å². The lowest BCUT2D eigenvalue weighted by Gasteiger charge is -2.27. The molecule has 9 aromatic rings. The molecule has 3 aliphatic rings. The summed E-state index contributed by atoms with van der Waals surface area (Å²) in [5.74, 6) is -3.13. The largest absolute Gasteiger partial charge is 0.399 e. The van der Waals surface area contributed by atoms with Gasteiger partial charge in [-0.15, -0.1) is 0 Å². The molecule has 0 saturated carbocycles. The first kappa shape index (κ1) is 59.9. The molecule has 3 atom stereocenters. The molecule has 0 radical (unpaired) electrons. The third-order valence-electron chi connectivity index (χ3n) is 15.2. The Hall–Kier alpha value is -10.3. The molecule has 0 spiro atoms. The van der Waals surface area contributed by atoms with Gasteiger partial charge in [0.25, 0.3) is 0 Å². The van der Waals surface area contributed by atoms with E-state index >= 15 is 0 Å². The Balaban J connectivity index is 0.000000144. The van der Waals surface area contributed by atoms with Crippen LogP contribution in [-0.4, -0.2) is 83.3 Å². The molecule has 18 nitrogen and oxygen atoms in total. The average Bonchev–Trinajstić information content (AvgIpc) is 1.84. The molecule has 0 saturated heterocycles. The predicted octanol–water partition coefficient (Wildman–Crippen LogP) is 11.4. The van der Waals surface area contributed by atoms with Crippen LogP contribution in [0.1, 0.15) is 105 Å². The molecule has 6 N–H and O–H groups in total. The molecular formula is C63H57F6N15O3. The number of benzene rings is 3. The van der Waals surface area contributed by atoms with Crippen molar-refractivity contribution in [3.8, 4) is 33.4 Å². The zero-order valence-corrected chi connectivity index (χ0v) is 48.0. The number of hydrogen-bond donors (Lipinski definition) is 3. The van der Waals surface area contributed by atoms with Gasteiger partial charge in [0.15, 0.2) is 0 Å². The summed E-state index contributed by atoms with van der Waals surface area (Å²) in [6.45, 7) is 5.53. The molecule has 87 heavy (non-hydrogen) atoms. The molecule has 3 aliphatic carbocycles. The van der Waals surface area contributed by atoms with E-state index in [-0.39, 0.29) is 52.3 Å². The second kappa shape index (κ2) is 25.9. The van der Waals surface area contributed by atoms with Gasteiger partial charge >= 0.3 is 0 Å². The van der Waals surface area contributed by atoms with Gasteiger partial charge in [0, 0.05) is 71.2 Å². The summed E-state index contributed by atoms with van der Waals surface area (Å²) in [4.78, 5) is 52.1. The summed E-state index contributed by atoms with van der Waals surface area (Å²) in [6, 6.07) is 22.8. The van der Waals surface area contributed by atoms with Crippen LogP contribution in [0.25, 0.3) is 33.4 Å². The predicted molar refractivity (Wildman–Crippen MR) is 316 cm³/mol. The fourth-order valence-electron chi connectivity index (χ4n) is 11.8. The van der Waals surface area contributed by atoms with Crippen LogP contribution in [0, 0.1) is 56.1 Å². The molecule has 0 aliphatic heterocycles. The quantitative estimate of drug-likeness (QED) is 0.0689. The van der Waals surface area contributed by atoms with Gasteiger partial charge in [0.2, 0.25) is 35.7 Å². The Bertz CT molecular complexity index is 3770. The van der Waals surface area contributed by atoms with Gasteiger partial charge in [-0.05, 0) is 164 Å². The minimum absolute atomic E-state index is 0.125. The minimum Gasteiger partial charge on any atom is -0.399 e. The smallest absolute Gasteiger partial charge is 0.220 e. The van der Waals surface area contributed by atoms with Gasteiger partial charge in [-0.2, -0.15) is 13.2 Å². The van der Waals surface area contributed by atoms with Crippen molar-refractivity contribution in [3.63, 3.8) is 0 Å². The van der Waals surface area contributed by atoms with E-state index in [9.17, 15) is 26.3 Å². The molecular weight excluding hydrogens is 1130 g/mol. The number of aromatic nitrogens is 9. The van der Waals surface area contributed by atoms with Crippen molar-refractivity contribution in [1.82, 2.24) is 44.9 Å². The zero-order valence-electron chi connectivity index (χ0n) is 48.0. The lowest BCUT2D eigenvalue weighted by molar-refractivity contribution is 0.212. The molecule has 1 unspecified atom stereocenters. The second-order valence-electron chi connectivity index (χ2n) is 20.7. The van der Waals surface area contributed by atoms with Crippen LogP contribution in [0.4, 0.5) is 44.2 Å². The van der Waals surface area contributed by atoms with Crippen molar-refractivity contribution in [2.24, 2.45) is 15.5 Å². The molecule has 6 aromatic heterocycles. The van der Waals surface area contributed by atoms with E-state index in [0.29, 0.717) is 72.4 Å². The molecule has 3 aromatic carbocycles. The van der Waals surface area contributed by atoms with E-state index in [2.05, 4.69) is 60.3 Å². The number of aryl methyl sites for hydroxylation is 3. The number of hydrogen-bond acceptors (Lipinski definition) is 18. The Morgan fingerprint density at radius 3 is 0.908 bits per heavy atom. The summed E-state index contributed by atoms with van der Waals surface area (Å²) in [6.07, 6.45) is 7.21. The van der Waals surface area contributed by atoms with Gasteiger partial charge in [-0.1, -0.05) is 33.7 Å². The van der Waals surface area contributed by atoms with Crippen LogP contribution in [0.15, 0.2) is 125 Å². The summed E-state index contributed by atoms with van der Waals surface area (Å²) in [7, 11) is 4.41. The number of anilines is 3. The number of halogens is 6. The molecule has 12 rings (SSSR count). The van der Waals surface area contributed by atoms with Crippen LogP contribution >= 0.6 is 0 Å². The highest BCUT2D eigenvalue weighted by molar-refractivity contribution is 6.05. The van der Waals surface area contributed by atoms with E-state index < -0.39 is 35.3 Å². The molecule has 6 heterocycles. The maximum Gasteiger partial charge on any atom is 0.220 e. The molecule has 0 bridgehead atoms. The highest BCUT2D eigenvalue weighted by Crippen LogP contribution is 2.43. The third kappa shape index (κ3) is 12.9. The van der Waals surface area contributed by atoms with Gasteiger partial charge < -0.3 is 31.7 Å². The summed E-state index contributed by atoms with van der Waals surface area (Å²) < 4.78 is 85.3. The van der Waals surface area contributed by atoms with Crippen LogP contribution in [0.2, 0.25) is 0 Å². The van der Waals surface area contributed by atoms with Gasteiger partial charge in [0.1, 0.15) is 38.8 Å². The van der Waals surface area contributed by atoms with E-state index in [0.717, 1.165) is 67.5 Å². The van der Waals surface area contributed by atoms with Gasteiger partial charge in [0.05, 0.1) is 51.3 Å². The van der Waals surface area contributed by atoms with E-state index in [1.165, 1.54) is 76.3 Å². The summed E-state index contributed by atoms with van der Waals surface area (Å²) in [5, 5.41) is 12.5. The Labute approximate surface area is 495 Å². The van der Waals surface area contributed by atoms with E-state index in [1.54, 1.807) is 54.6 Å². The SMILES string of the molecule is CO/N=C1\CC(c2ccc(F)cc2-c2cccnc2F)Cc2nc(N)nc(C)c21.CO/N=C1\C[C@@H](c2ccc(F)cc2-c2cccnc2F)Cc2nc(N)nc(C)c21.CO/N=C1\C[C@H](c2ccc(F)cc2-c2cccnc2F)Cc2nc(N)nc(C)c21. The number of pyridine rings is 3. The van der Waals surface area contributed by atoms with E-state index in [4.69, 9.17) is 31.7 Å². The number of nitrogen functional groups attached to an aromatic ring is 3. The van der Waals surface area contributed by atoms with Crippen LogP contribution in [0.3, 0.4) is 0 Å². The lowest BCUT2D eigenvalue weighted by Crippen LogP contribution is -2.24. The number of rotatable bonds is 9. The molecule has 0 fully saturated rings. The highest BCUT2D eigenvalue weighted by atomic mass is 19.1. The fraction of sp³-hybridized carbons (Fsp3) is 0.238. The van der Waals surface area contributed by atoms with Crippen molar-refractivity contribution < 1.29 is 40.9 Å². The standard InChI is InChI=1S/3C21H19F2N5O/c3*1-11-19-17(27-21(24)26-11)8-12(9-18(19)28-29-2)14-6-5-13(22)10-16(14)15-4-3-7-25-20(15)23/h3*3-7,10,12H,8-9H2,1-2H3,(H2,24,26,27)/b3*28-18+/t2*12-;/m10./s1. The maximum atomic E-state index is 14.4. The monoisotopic (exact) mass is 1190 g/mol. The average molecular weight is 1190 g/mol. The maximum absolute atomic E-state index is 14.4. The fourth-order valence-corrected chi connectivity index (χ4v) is 11.8. The van der Waals surface area contributed by atoms with Crippen molar-refractivity contribution >= 4 is 35.0 Å². The molecule has 0 amide bonds. The first-order valence-electron chi connectivity index (χ1n) is 27.3. The van der Waals surface area contributed by atoms with Crippen LogP contribution < -0.4 is 17.2 Å². The third-order valence-corrected chi connectivity index (χ3v) is 15.2. The zero-order chi connectivity index (χ0) is 61.6. The van der Waals surface area contributed by atoms with Gasteiger partial charge in [-0.25, -0.2) is 58.0 Å². The number of nitrogens with two attached hydrogens (primary N) is 3. The first-order chi connectivity index (χ1) is 41.9. The van der Waals surface area contributed by atoms with Crippen molar-refractivity contribution in [2.45, 2.75) is 77.0 Å². The Morgan fingerprint density at radius 1 is 0.379 bits per heavy atom. The highest BCUT2D eigenvalue weighted by Gasteiger charge is 2.34. The lowest BCUT2D eigenvalue weighted by atomic mass is 9.78. The first-order valence-corrected chi connectivity index (χ1v) is 27.3. The van der Waals surface area contributed by atoms with Gasteiger partial charge in [-0.3, -0.25) is 0 Å². The normalized spacial score (nSPS) is 17.2. The van der Waals surface area contributed by atoms with E-state index in [1.807, 2.05) is 20.8 Å². The van der Waals surface area contributed by atoms with Crippen LogP contribution in [0.5, 0.6) is 0 Å². The summed E-state index contributed by atoms with van der Waals surface area (Å²) >= 11 is 0. The second-order valence-corrected chi connectivity index (χ2v) is 20.7. The number of nitrogens with zero attached hydrogens (tertiary/aromatic N) is 12. The minimum atomic E-state index is -0.649. The topological polar surface area (TPSA) is 259 Å². The van der Waals surface area contributed by atoms with Crippen molar-refractivity contribution in [3.05, 3.63) is 212 Å². The molecule has 444 valence electrons. The van der Waals surface area contributed by atoms with Crippen LogP contribution in [-0.2, 0) is 33.8 Å². The Kier molecular flexibility index (Phi) is 17.8. The summed E-state index contributed by atoms with van der Waals surface area (Å²) in [5.41, 5.74) is 30.9. The number of fused-ring (bicyclic) bond motifs is 3. The Morgan fingerprint density at radius 2 is 0.655 bits per heavy atom. The number of oxime groups is 3.